The maximum absolute atomic E-state index is 12.6. The lowest BCUT2D eigenvalue weighted by Crippen LogP contribution is -2.31. The minimum absolute atomic E-state index is 0.128. The molecule has 1 aliphatic rings. The molecule has 0 unspecified atom stereocenters. The van der Waals surface area contributed by atoms with Crippen LogP contribution in [0, 0.1) is 0 Å². The summed E-state index contributed by atoms with van der Waals surface area (Å²) in [5.41, 5.74) is 1.97. The molecule has 1 aromatic carbocycles. The fourth-order valence-electron chi connectivity index (χ4n) is 3.56. The van der Waals surface area contributed by atoms with Gasteiger partial charge in [0.1, 0.15) is 12.4 Å². The monoisotopic (exact) mass is 368 g/mol. The summed E-state index contributed by atoms with van der Waals surface area (Å²) in [6.07, 6.45) is 7.23. The normalized spacial score (nSPS) is 13.9. The number of likely N-dealkylation sites (tertiary alicyclic amines) is 1. The molecule has 1 N–H and O–H groups in total. The number of imidazole rings is 1. The molecule has 27 heavy (non-hydrogen) atoms. The highest BCUT2D eigenvalue weighted by molar-refractivity contribution is 5.86. The van der Waals surface area contributed by atoms with Crippen molar-refractivity contribution in [2.45, 2.75) is 45.1 Å². The number of amides is 2. The SMILES string of the molecule is C=CC(=O)NCCCCCc1nc2ccccc2n1CC(=O)N1CCCC1. The number of unbranched alkanes of at least 4 members (excludes halogenated alkanes) is 2. The molecule has 0 bridgehead atoms. The van der Waals surface area contributed by atoms with Crippen molar-refractivity contribution >= 4 is 22.8 Å². The van der Waals surface area contributed by atoms with Gasteiger partial charge in [0.25, 0.3) is 0 Å². The van der Waals surface area contributed by atoms with Gasteiger partial charge in [0, 0.05) is 26.1 Å². The standard InChI is InChI=1S/C21H28N4O2/c1-2-20(26)22-13-7-3-4-12-19-23-17-10-5-6-11-18(17)25(19)16-21(27)24-14-8-9-15-24/h2,5-6,10-11H,1,3-4,7-9,12-16H2,(H,22,26). The molecule has 2 aromatic rings. The van der Waals surface area contributed by atoms with Gasteiger partial charge in [-0.25, -0.2) is 4.98 Å². The van der Waals surface area contributed by atoms with Gasteiger partial charge in [-0.3, -0.25) is 9.59 Å². The van der Waals surface area contributed by atoms with Crippen molar-refractivity contribution in [1.82, 2.24) is 19.8 Å². The lowest BCUT2D eigenvalue weighted by atomic mass is 10.2. The van der Waals surface area contributed by atoms with Gasteiger partial charge in [0.15, 0.2) is 0 Å². The highest BCUT2D eigenvalue weighted by atomic mass is 16.2. The molecule has 1 fully saturated rings. The highest BCUT2D eigenvalue weighted by Gasteiger charge is 2.20. The fourth-order valence-corrected chi connectivity index (χ4v) is 3.56. The van der Waals surface area contributed by atoms with Gasteiger partial charge < -0.3 is 14.8 Å². The van der Waals surface area contributed by atoms with E-state index in [1.165, 1.54) is 6.08 Å². The summed E-state index contributed by atoms with van der Waals surface area (Å²) in [5, 5.41) is 2.79. The van der Waals surface area contributed by atoms with Crippen LogP contribution in [0.1, 0.15) is 37.9 Å². The molecule has 0 aliphatic carbocycles. The summed E-state index contributed by atoms with van der Waals surface area (Å²) in [7, 11) is 0. The number of fused-ring (bicyclic) bond motifs is 1. The number of aryl methyl sites for hydroxylation is 1. The van der Waals surface area contributed by atoms with Crippen LogP contribution in [0.25, 0.3) is 11.0 Å². The highest BCUT2D eigenvalue weighted by Crippen LogP contribution is 2.19. The average molecular weight is 368 g/mol. The van der Waals surface area contributed by atoms with Gasteiger partial charge in [-0.15, -0.1) is 0 Å². The fraction of sp³-hybridized carbons (Fsp3) is 0.476. The van der Waals surface area contributed by atoms with Crippen LogP contribution in [0.4, 0.5) is 0 Å². The molecule has 144 valence electrons. The quantitative estimate of drug-likeness (QED) is 0.547. The third-order valence-electron chi connectivity index (χ3n) is 5.05. The third-order valence-corrected chi connectivity index (χ3v) is 5.05. The molecule has 1 saturated heterocycles. The molecule has 0 atom stereocenters. The molecule has 0 saturated carbocycles. The Hall–Kier alpha value is -2.63. The van der Waals surface area contributed by atoms with Crippen LogP contribution in [0.5, 0.6) is 0 Å². The predicted octanol–water partition coefficient (Wildman–Crippen LogP) is 2.67. The molecular weight excluding hydrogens is 340 g/mol. The maximum Gasteiger partial charge on any atom is 0.243 e. The molecule has 3 rings (SSSR count). The van der Waals surface area contributed by atoms with Crippen LogP contribution in [-0.2, 0) is 22.6 Å². The van der Waals surface area contributed by atoms with Crippen LogP contribution in [-0.4, -0.2) is 45.9 Å². The molecule has 1 aliphatic heterocycles. The van der Waals surface area contributed by atoms with Crippen molar-refractivity contribution in [3.8, 4) is 0 Å². The van der Waals surface area contributed by atoms with E-state index in [2.05, 4.69) is 16.5 Å². The molecule has 0 radical (unpaired) electrons. The molecule has 0 spiro atoms. The summed E-state index contributed by atoms with van der Waals surface area (Å²) in [6.45, 7) is 6.22. The van der Waals surface area contributed by atoms with Crippen molar-refractivity contribution in [3.63, 3.8) is 0 Å². The van der Waals surface area contributed by atoms with Crippen LogP contribution >= 0.6 is 0 Å². The van der Waals surface area contributed by atoms with E-state index in [0.717, 1.165) is 68.5 Å². The van der Waals surface area contributed by atoms with Crippen molar-refractivity contribution < 1.29 is 9.59 Å². The van der Waals surface area contributed by atoms with Crippen molar-refractivity contribution in [2.75, 3.05) is 19.6 Å². The minimum atomic E-state index is -0.128. The number of nitrogens with zero attached hydrogens (tertiary/aromatic N) is 3. The van der Waals surface area contributed by atoms with E-state index in [0.29, 0.717) is 13.1 Å². The van der Waals surface area contributed by atoms with Crippen LogP contribution in [0.3, 0.4) is 0 Å². The van der Waals surface area contributed by atoms with Gasteiger partial charge in [0.2, 0.25) is 11.8 Å². The summed E-state index contributed by atoms with van der Waals surface area (Å²) < 4.78 is 2.08. The van der Waals surface area contributed by atoms with Crippen molar-refractivity contribution in [2.24, 2.45) is 0 Å². The minimum Gasteiger partial charge on any atom is -0.353 e. The molecule has 1 aromatic heterocycles. The van der Waals surface area contributed by atoms with E-state index in [-0.39, 0.29) is 11.8 Å². The number of carbonyl (C=O) groups is 2. The lowest BCUT2D eigenvalue weighted by Gasteiger charge is -2.17. The first-order chi connectivity index (χ1) is 13.2. The van der Waals surface area contributed by atoms with Crippen molar-refractivity contribution in [1.29, 1.82) is 0 Å². The van der Waals surface area contributed by atoms with E-state index in [1.807, 2.05) is 29.2 Å². The Morgan fingerprint density at radius 1 is 1.15 bits per heavy atom. The number of hydrogen-bond acceptors (Lipinski definition) is 3. The second-order valence-electron chi connectivity index (χ2n) is 7.00. The van der Waals surface area contributed by atoms with Gasteiger partial charge >= 0.3 is 0 Å². The molecule has 6 nitrogen and oxygen atoms in total. The summed E-state index contributed by atoms with van der Waals surface area (Å²) in [4.78, 5) is 30.5. The first-order valence-corrected chi connectivity index (χ1v) is 9.81. The first kappa shape index (κ1) is 19.1. The number of rotatable bonds is 9. The lowest BCUT2D eigenvalue weighted by molar-refractivity contribution is -0.130. The Labute approximate surface area is 160 Å². The van der Waals surface area contributed by atoms with Crippen LogP contribution in [0.2, 0.25) is 0 Å². The molecular formula is C21H28N4O2. The van der Waals surface area contributed by atoms with Gasteiger partial charge in [-0.2, -0.15) is 0 Å². The van der Waals surface area contributed by atoms with Crippen LogP contribution < -0.4 is 5.32 Å². The largest absolute Gasteiger partial charge is 0.353 e. The third kappa shape index (κ3) is 4.96. The zero-order valence-electron chi connectivity index (χ0n) is 15.8. The topological polar surface area (TPSA) is 67.2 Å². The Morgan fingerprint density at radius 3 is 2.70 bits per heavy atom. The summed E-state index contributed by atoms with van der Waals surface area (Å²) >= 11 is 0. The average Bonchev–Trinajstić information content (AvgIpc) is 3.33. The number of carbonyl (C=O) groups excluding carboxylic acids is 2. The van der Waals surface area contributed by atoms with E-state index >= 15 is 0 Å². The second kappa shape index (κ2) is 9.35. The van der Waals surface area contributed by atoms with Crippen LogP contribution in [0.15, 0.2) is 36.9 Å². The zero-order chi connectivity index (χ0) is 19.1. The number of para-hydroxylation sites is 2. The van der Waals surface area contributed by atoms with Gasteiger partial charge in [-0.05, 0) is 43.9 Å². The number of hydrogen-bond donors (Lipinski definition) is 1. The Balaban J connectivity index is 1.61. The van der Waals surface area contributed by atoms with E-state index in [9.17, 15) is 9.59 Å². The summed E-state index contributed by atoms with van der Waals surface area (Å²) in [5.74, 6) is 1.03. The summed E-state index contributed by atoms with van der Waals surface area (Å²) in [6, 6.07) is 8.01. The van der Waals surface area contributed by atoms with E-state index in [4.69, 9.17) is 4.98 Å². The molecule has 2 heterocycles. The van der Waals surface area contributed by atoms with E-state index in [1.54, 1.807) is 0 Å². The number of aromatic nitrogens is 2. The Bertz CT molecular complexity index is 806. The maximum atomic E-state index is 12.6. The molecule has 2 amide bonds. The van der Waals surface area contributed by atoms with E-state index < -0.39 is 0 Å². The number of benzene rings is 1. The Kier molecular flexibility index (Phi) is 6.63. The number of nitrogens with one attached hydrogen (secondary N) is 1. The molecule has 6 heteroatoms. The van der Waals surface area contributed by atoms with Gasteiger partial charge in [0.05, 0.1) is 11.0 Å². The van der Waals surface area contributed by atoms with Gasteiger partial charge in [-0.1, -0.05) is 25.1 Å². The zero-order valence-corrected chi connectivity index (χ0v) is 15.8. The smallest absolute Gasteiger partial charge is 0.243 e. The predicted molar refractivity (Wildman–Crippen MR) is 106 cm³/mol. The first-order valence-electron chi connectivity index (χ1n) is 9.81. The van der Waals surface area contributed by atoms with Crippen molar-refractivity contribution in [3.05, 3.63) is 42.7 Å². The Morgan fingerprint density at radius 2 is 1.93 bits per heavy atom. The second-order valence-corrected chi connectivity index (χ2v) is 7.00.